The minimum absolute atomic E-state index is 0.0205. The van der Waals surface area contributed by atoms with Gasteiger partial charge in [0, 0.05) is 51.4 Å². The third-order valence-corrected chi connectivity index (χ3v) is 14.9. The van der Waals surface area contributed by atoms with E-state index >= 15 is 14.4 Å². The number of aromatic hydroxyl groups is 19. The highest BCUT2D eigenvalue weighted by molar-refractivity contribution is 6.11. The first-order valence-electron chi connectivity index (χ1n) is 24.9. The molecular formula is C56H40O31. The number of hydrogen-bond acceptors (Lipinski definition) is 31. The van der Waals surface area contributed by atoms with Crippen LogP contribution in [-0.2, 0) is 30.1 Å². The average Bonchev–Trinajstić information content (AvgIpc) is 0.968. The quantitative estimate of drug-likeness (QED) is 0.0668. The summed E-state index contributed by atoms with van der Waals surface area (Å²) < 4.78 is 35.1. The number of carbonyl (C=O) groups is 5. The number of ether oxygens (including phenoxy) is 6. The number of fused-ring (bicyclic) bond motifs is 8. The Hall–Kier alpha value is -12.2. The molecule has 87 heavy (non-hydrogen) atoms. The molecule has 0 radical (unpaired) electrons. The maximum absolute atomic E-state index is 15.3. The molecule has 2 bridgehead atoms. The van der Waals surface area contributed by atoms with Crippen molar-refractivity contribution in [2.45, 2.75) is 49.0 Å². The van der Waals surface area contributed by atoms with Crippen molar-refractivity contribution < 1.29 is 155 Å². The fourth-order valence-electron chi connectivity index (χ4n) is 10.9. The second kappa shape index (κ2) is 20.0. The van der Waals surface area contributed by atoms with Crippen LogP contribution < -0.4 is 4.74 Å². The highest BCUT2D eigenvalue weighted by Crippen LogP contribution is 2.62. The van der Waals surface area contributed by atoms with E-state index in [1.807, 2.05) is 0 Å². The normalized spacial score (nSPS) is 20.4. The monoisotopic (exact) mass is 1210 g/mol. The van der Waals surface area contributed by atoms with Crippen LogP contribution in [0.4, 0.5) is 0 Å². The number of aliphatic hydroxyl groups excluding tert-OH is 1. The number of esters is 5. The molecule has 20 N–H and O–H groups in total. The van der Waals surface area contributed by atoms with Crippen LogP contribution in [0.2, 0.25) is 0 Å². The van der Waals surface area contributed by atoms with E-state index in [-0.39, 0.29) is 5.56 Å². The van der Waals surface area contributed by atoms with E-state index in [1.165, 1.54) is 6.07 Å². The lowest BCUT2D eigenvalue weighted by molar-refractivity contribution is -0.135. The Morgan fingerprint density at radius 2 is 0.908 bits per heavy atom. The van der Waals surface area contributed by atoms with Gasteiger partial charge in [0.15, 0.2) is 99.2 Å². The zero-order valence-corrected chi connectivity index (χ0v) is 43.1. The molecular weight excluding hydrogens is 1170 g/mol. The Labute approximate surface area is 480 Å². The molecule has 7 unspecified atom stereocenters. The first kappa shape index (κ1) is 56.7. The molecule has 450 valence electrons. The highest BCUT2D eigenvalue weighted by Gasteiger charge is 2.56. The molecule has 4 aliphatic heterocycles. The highest BCUT2D eigenvalue weighted by atomic mass is 16.6. The first-order chi connectivity index (χ1) is 41.0. The number of cyclic esters (lactones) is 3. The largest absolute Gasteiger partial charge is 0.507 e. The predicted molar refractivity (Wildman–Crippen MR) is 277 cm³/mol. The minimum atomic E-state index is -3.00. The van der Waals surface area contributed by atoms with E-state index < -0.39 is 267 Å². The smallest absolute Gasteiger partial charge is 0.339 e. The minimum Gasteiger partial charge on any atom is -0.507 e. The van der Waals surface area contributed by atoms with Gasteiger partial charge in [0.2, 0.25) is 23.0 Å². The Bertz CT molecular complexity index is 4220. The van der Waals surface area contributed by atoms with Crippen LogP contribution in [0.15, 0.2) is 54.6 Å². The zero-order valence-electron chi connectivity index (χ0n) is 43.1. The van der Waals surface area contributed by atoms with Gasteiger partial charge in [-0.15, -0.1) is 0 Å². The van der Waals surface area contributed by atoms with Crippen LogP contribution in [0.25, 0.3) is 22.3 Å². The number of phenols is 19. The number of aliphatic hydroxyl groups is 1. The summed E-state index contributed by atoms with van der Waals surface area (Å²) in [6.45, 7) is -1.63. The van der Waals surface area contributed by atoms with Crippen molar-refractivity contribution >= 4 is 29.8 Å². The molecule has 31 heteroatoms. The van der Waals surface area contributed by atoms with Crippen molar-refractivity contribution in [2.75, 3.05) is 6.61 Å². The van der Waals surface area contributed by atoms with Crippen molar-refractivity contribution in [3.05, 3.63) is 105 Å². The average molecular weight is 1210 g/mol. The summed E-state index contributed by atoms with van der Waals surface area (Å²) in [5.74, 6) is -37.9. The van der Waals surface area contributed by atoms with Crippen molar-refractivity contribution in [1.82, 2.24) is 0 Å². The lowest BCUT2D eigenvalue weighted by atomic mass is 9.74. The number of benzene rings is 7. The molecule has 4 heterocycles. The van der Waals surface area contributed by atoms with Gasteiger partial charge in [-0.2, -0.15) is 0 Å². The van der Waals surface area contributed by atoms with E-state index in [0.29, 0.717) is 30.3 Å². The second-order valence-electron chi connectivity index (χ2n) is 19.9. The van der Waals surface area contributed by atoms with Crippen molar-refractivity contribution in [1.29, 1.82) is 0 Å². The summed E-state index contributed by atoms with van der Waals surface area (Å²) in [5.41, 5.74) is -13.3. The molecule has 0 spiro atoms. The standard InChI is InChI=1S/C56H40O31/c57-18-2-1-12(3-19(18)58)48-26(65)6-14-27(83-48)10-20(59)32(37(14)66)35-34-36-33(45(74)47(76)46(34)75)31-17(9-25(64)41(70)44(31)73)55(80)87-51(50(35)86-56(36)81)49-28(84-52(77)13-4-21(60)38(67)22(61)5-13)11-82-53(78)15-7-23(62)39(68)42(71)29(15)30-16(54(79)85-49)8-24(63)40(69)43(30)72/h1-5,7-10,26,28,35,48-51,57-76H,6,11H2. The van der Waals surface area contributed by atoms with Crippen molar-refractivity contribution in [3.63, 3.8) is 0 Å². The van der Waals surface area contributed by atoms with Gasteiger partial charge in [-0.1, -0.05) is 6.07 Å². The van der Waals surface area contributed by atoms with Crippen LogP contribution in [0.5, 0.6) is 115 Å². The molecule has 4 aliphatic rings. The SMILES string of the molecule is O=C(OC1COC(=O)c2cc(O)c(O)c(O)c2-c2c(cc(O)c(O)c2O)C(=O)OC1C1OC(=O)c2cc(O)c(O)c(O)c2-c2c(O)c(O)c(O)c3c2C(=O)OC1C3c1c(O)cc2c(c1O)CC(O)C(c1ccc(O)c(O)c1)O2)c1cc(O)c(O)c(O)c1. The zero-order chi connectivity index (χ0) is 63.0. The molecule has 0 aliphatic carbocycles. The van der Waals surface area contributed by atoms with E-state index in [1.54, 1.807) is 0 Å². The maximum atomic E-state index is 15.3. The Balaban J connectivity index is 1.22. The van der Waals surface area contributed by atoms with Crippen LogP contribution in [0.3, 0.4) is 0 Å². The third kappa shape index (κ3) is 8.66. The summed E-state index contributed by atoms with van der Waals surface area (Å²) >= 11 is 0. The topological polar surface area (TPSA) is 545 Å². The molecule has 7 atom stereocenters. The van der Waals surface area contributed by atoms with Crippen LogP contribution in [0, 0.1) is 0 Å². The molecule has 0 saturated heterocycles. The summed E-state index contributed by atoms with van der Waals surface area (Å²) in [5, 5.41) is 222. The Morgan fingerprint density at radius 1 is 0.414 bits per heavy atom. The molecule has 11 rings (SSSR count). The number of carbonyl (C=O) groups excluding carboxylic acids is 5. The van der Waals surface area contributed by atoms with E-state index in [9.17, 15) is 112 Å². The molecule has 0 saturated carbocycles. The third-order valence-electron chi connectivity index (χ3n) is 14.9. The molecule has 0 fully saturated rings. The molecule has 7 aromatic carbocycles. The van der Waals surface area contributed by atoms with Crippen molar-refractivity contribution in [2.24, 2.45) is 0 Å². The summed E-state index contributed by atoms with van der Waals surface area (Å²) in [4.78, 5) is 74.4. The number of rotatable bonds is 5. The van der Waals surface area contributed by atoms with E-state index in [4.69, 9.17) is 28.4 Å². The fraction of sp³-hybridized carbons (Fsp3) is 0.161. The second-order valence-corrected chi connectivity index (χ2v) is 19.9. The first-order valence-corrected chi connectivity index (χ1v) is 24.9. The summed E-state index contributed by atoms with van der Waals surface area (Å²) in [6, 6.07) is 6.01. The molecule has 31 nitrogen and oxygen atoms in total. The predicted octanol–water partition coefficient (Wildman–Crippen LogP) is 3.30. The van der Waals surface area contributed by atoms with E-state index in [0.717, 1.165) is 18.2 Å². The molecule has 0 aromatic heterocycles. The lowest BCUT2D eigenvalue weighted by Crippen LogP contribution is -2.56. The molecule has 7 aromatic rings. The lowest BCUT2D eigenvalue weighted by Gasteiger charge is -2.43. The Kier molecular flexibility index (Phi) is 13.1. The van der Waals surface area contributed by atoms with Crippen LogP contribution in [-0.4, -0.2) is 169 Å². The van der Waals surface area contributed by atoms with Gasteiger partial charge in [0.05, 0.1) is 39.8 Å². The van der Waals surface area contributed by atoms with Crippen LogP contribution >= 0.6 is 0 Å². The fourth-order valence-corrected chi connectivity index (χ4v) is 10.9. The maximum Gasteiger partial charge on any atom is 0.339 e. The van der Waals surface area contributed by atoms with Gasteiger partial charge in [-0.3, -0.25) is 0 Å². The number of phenolic OH excluding ortho intramolecular Hbond substituents is 19. The Morgan fingerprint density at radius 3 is 1.46 bits per heavy atom. The van der Waals surface area contributed by atoms with Crippen molar-refractivity contribution in [3.8, 4) is 137 Å². The van der Waals surface area contributed by atoms with Gasteiger partial charge in [0.1, 0.15) is 30.0 Å². The van der Waals surface area contributed by atoms with Crippen LogP contribution in [0.1, 0.15) is 86.1 Å². The van der Waals surface area contributed by atoms with Gasteiger partial charge in [0.25, 0.3) is 0 Å². The summed E-state index contributed by atoms with van der Waals surface area (Å²) in [7, 11) is 0. The molecule has 0 amide bonds. The van der Waals surface area contributed by atoms with Gasteiger partial charge >= 0.3 is 29.8 Å². The number of hydrogen-bond donors (Lipinski definition) is 20. The van der Waals surface area contributed by atoms with Gasteiger partial charge < -0.3 is 131 Å². The van der Waals surface area contributed by atoms with Gasteiger partial charge in [-0.25, -0.2) is 24.0 Å². The van der Waals surface area contributed by atoms with Gasteiger partial charge in [-0.05, 0) is 48.0 Å². The summed E-state index contributed by atoms with van der Waals surface area (Å²) in [6.07, 6.45) is -15.4. The van der Waals surface area contributed by atoms with E-state index in [2.05, 4.69) is 0 Å².